The van der Waals surface area contributed by atoms with E-state index in [2.05, 4.69) is 62.0 Å². The van der Waals surface area contributed by atoms with Crippen LogP contribution in [0.3, 0.4) is 0 Å². The van der Waals surface area contributed by atoms with Gasteiger partial charge in [0.25, 0.3) is 0 Å². The predicted molar refractivity (Wildman–Crippen MR) is 90.5 cm³/mol. The van der Waals surface area contributed by atoms with Crippen LogP contribution in [0.5, 0.6) is 0 Å². The number of likely N-dealkylation sites (N-methyl/N-ethyl adjacent to an activating group) is 1. The predicted octanol–water partition coefficient (Wildman–Crippen LogP) is 3.67. The summed E-state index contributed by atoms with van der Waals surface area (Å²) in [6.45, 7) is 7.28. The van der Waals surface area contributed by atoms with Crippen LogP contribution in [0.1, 0.15) is 41.1 Å². The normalized spacial score (nSPS) is 14.4. The van der Waals surface area contributed by atoms with E-state index in [9.17, 15) is 0 Å². The number of hydrogen-bond donors (Lipinski definition) is 1. The molecule has 0 spiro atoms. The summed E-state index contributed by atoms with van der Waals surface area (Å²) in [5.41, 5.74) is 12.1. The van der Waals surface area contributed by atoms with Crippen molar-refractivity contribution < 1.29 is 0 Å². The van der Waals surface area contributed by atoms with E-state index in [1.165, 1.54) is 16.0 Å². The zero-order valence-electron chi connectivity index (χ0n) is 13.3. The number of aryl methyl sites for hydroxylation is 2. The zero-order valence-corrected chi connectivity index (χ0v) is 14.2. The van der Waals surface area contributed by atoms with E-state index in [4.69, 9.17) is 5.73 Å². The Hall–Kier alpha value is -1.23. The van der Waals surface area contributed by atoms with Crippen LogP contribution >= 0.6 is 11.3 Å². The van der Waals surface area contributed by atoms with Gasteiger partial charge in [-0.15, -0.1) is 11.3 Å². The summed E-state index contributed by atoms with van der Waals surface area (Å²) in [4.78, 5) is 8.02. The van der Waals surface area contributed by atoms with Crippen LogP contribution in [0, 0.1) is 13.8 Å². The maximum atomic E-state index is 6.43. The summed E-state index contributed by atoms with van der Waals surface area (Å²) in [5, 5.41) is 0. The summed E-state index contributed by atoms with van der Waals surface area (Å²) in [7, 11) is 2.16. The van der Waals surface area contributed by atoms with E-state index >= 15 is 0 Å². The summed E-state index contributed by atoms with van der Waals surface area (Å²) in [6, 6.07) is 8.91. The Morgan fingerprint density at radius 3 is 2.57 bits per heavy atom. The number of nitrogens with zero attached hydrogens (tertiary/aromatic N) is 2. The number of nitrogens with two attached hydrogens (primary N) is 1. The Labute approximate surface area is 131 Å². The molecule has 1 aromatic heterocycles. The molecule has 21 heavy (non-hydrogen) atoms. The number of aromatic nitrogens is 1. The highest BCUT2D eigenvalue weighted by molar-refractivity contribution is 7.09. The number of rotatable bonds is 6. The molecule has 1 heterocycles. The van der Waals surface area contributed by atoms with Gasteiger partial charge in [0.15, 0.2) is 0 Å². The average Bonchev–Trinajstić information content (AvgIpc) is 2.86. The number of benzene rings is 1. The molecule has 0 bridgehead atoms. The molecule has 0 fully saturated rings. The Morgan fingerprint density at radius 1 is 1.29 bits per heavy atom. The lowest BCUT2D eigenvalue weighted by atomic mass is 9.93. The van der Waals surface area contributed by atoms with Gasteiger partial charge in [-0.3, -0.25) is 4.90 Å². The third kappa shape index (κ3) is 3.70. The van der Waals surface area contributed by atoms with Gasteiger partial charge in [0, 0.05) is 17.5 Å². The quantitative estimate of drug-likeness (QED) is 0.885. The van der Waals surface area contributed by atoms with Gasteiger partial charge in [0.1, 0.15) is 0 Å². The van der Waals surface area contributed by atoms with Crippen LogP contribution in [-0.2, 0) is 6.54 Å². The van der Waals surface area contributed by atoms with E-state index in [1.807, 2.05) is 5.51 Å². The van der Waals surface area contributed by atoms with Crippen molar-refractivity contribution in [1.82, 2.24) is 9.88 Å². The topological polar surface area (TPSA) is 42.1 Å². The van der Waals surface area contributed by atoms with Crippen molar-refractivity contribution in [3.05, 3.63) is 51.5 Å². The third-order valence-electron chi connectivity index (χ3n) is 4.10. The Kier molecular flexibility index (Phi) is 5.51. The molecule has 2 atom stereocenters. The molecule has 0 aliphatic heterocycles. The first-order chi connectivity index (χ1) is 10.0. The van der Waals surface area contributed by atoms with E-state index < -0.39 is 0 Å². The van der Waals surface area contributed by atoms with E-state index in [0.717, 1.165) is 18.7 Å². The molecule has 4 heteroatoms. The largest absolute Gasteiger partial charge is 0.326 e. The van der Waals surface area contributed by atoms with Crippen molar-refractivity contribution in [2.24, 2.45) is 5.73 Å². The van der Waals surface area contributed by atoms with Gasteiger partial charge in [-0.25, -0.2) is 4.98 Å². The van der Waals surface area contributed by atoms with Crippen molar-refractivity contribution in [3.8, 4) is 0 Å². The van der Waals surface area contributed by atoms with Gasteiger partial charge in [-0.05, 0) is 38.4 Å². The summed E-state index contributed by atoms with van der Waals surface area (Å²) in [5.74, 6) is 0. The number of thiazole rings is 1. The van der Waals surface area contributed by atoms with Crippen molar-refractivity contribution >= 4 is 11.3 Å². The fraction of sp³-hybridized carbons (Fsp3) is 0.471. The van der Waals surface area contributed by atoms with Gasteiger partial charge in [0.05, 0.1) is 17.2 Å². The lowest BCUT2D eigenvalue weighted by molar-refractivity contribution is 0.202. The maximum absolute atomic E-state index is 6.43. The Morgan fingerprint density at radius 2 is 2.00 bits per heavy atom. The van der Waals surface area contributed by atoms with Gasteiger partial charge < -0.3 is 5.73 Å². The van der Waals surface area contributed by atoms with E-state index in [1.54, 1.807) is 11.3 Å². The SMILES string of the molecule is CCC(N)C(c1ccccc1C)N(C)Cc1scnc1C. The minimum atomic E-state index is 0.129. The molecule has 0 aliphatic rings. The van der Waals surface area contributed by atoms with Crippen LogP contribution < -0.4 is 5.73 Å². The molecule has 0 saturated heterocycles. The molecule has 1 aromatic carbocycles. The first kappa shape index (κ1) is 16.1. The van der Waals surface area contributed by atoms with Crippen molar-refractivity contribution in [2.45, 2.75) is 45.8 Å². The van der Waals surface area contributed by atoms with Crippen LogP contribution in [0.15, 0.2) is 29.8 Å². The van der Waals surface area contributed by atoms with Crippen molar-refractivity contribution in [1.29, 1.82) is 0 Å². The lowest BCUT2D eigenvalue weighted by Gasteiger charge is -2.33. The minimum Gasteiger partial charge on any atom is -0.326 e. The molecular formula is C17H25N3S. The first-order valence-electron chi connectivity index (χ1n) is 7.44. The standard InChI is InChI=1S/C17H25N3S/c1-5-15(18)17(14-9-7-6-8-12(14)2)20(4)10-16-13(3)19-11-21-16/h6-9,11,15,17H,5,10,18H2,1-4H3. The molecule has 0 saturated carbocycles. The average molecular weight is 303 g/mol. The number of hydrogen-bond acceptors (Lipinski definition) is 4. The molecule has 2 N–H and O–H groups in total. The Bertz CT molecular complexity index is 579. The lowest BCUT2D eigenvalue weighted by Crippen LogP contribution is -2.38. The second-order valence-electron chi connectivity index (χ2n) is 5.65. The van der Waals surface area contributed by atoms with Crippen molar-refractivity contribution in [2.75, 3.05) is 7.05 Å². The molecule has 114 valence electrons. The smallest absolute Gasteiger partial charge is 0.0798 e. The van der Waals surface area contributed by atoms with Crippen LogP contribution in [0.4, 0.5) is 0 Å². The highest BCUT2D eigenvalue weighted by atomic mass is 32.1. The fourth-order valence-electron chi connectivity index (χ4n) is 2.74. The molecule has 0 radical (unpaired) electrons. The maximum Gasteiger partial charge on any atom is 0.0798 e. The second kappa shape index (κ2) is 7.16. The summed E-state index contributed by atoms with van der Waals surface area (Å²) in [6.07, 6.45) is 0.963. The van der Waals surface area contributed by atoms with E-state index in [0.29, 0.717) is 0 Å². The minimum absolute atomic E-state index is 0.129. The second-order valence-corrected chi connectivity index (χ2v) is 6.59. The fourth-order valence-corrected chi connectivity index (χ4v) is 3.58. The van der Waals surface area contributed by atoms with Gasteiger partial charge in [0.2, 0.25) is 0 Å². The molecule has 0 amide bonds. The highest BCUT2D eigenvalue weighted by Gasteiger charge is 2.25. The molecule has 2 aromatic rings. The van der Waals surface area contributed by atoms with E-state index in [-0.39, 0.29) is 12.1 Å². The first-order valence-corrected chi connectivity index (χ1v) is 8.32. The molecule has 2 rings (SSSR count). The summed E-state index contributed by atoms with van der Waals surface area (Å²) < 4.78 is 0. The summed E-state index contributed by atoms with van der Waals surface area (Å²) >= 11 is 1.72. The monoisotopic (exact) mass is 303 g/mol. The van der Waals surface area contributed by atoms with Crippen LogP contribution in [-0.4, -0.2) is 23.0 Å². The molecule has 3 nitrogen and oxygen atoms in total. The van der Waals surface area contributed by atoms with Crippen LogP contribution in [0.2, 0.25) is 0 Å². The van der Waals surface area contributed by atoms with Gasteiger partial charge >= 0.3 is 0 Å². The van der Waals surface area contributed by atoms with Gasteiger partial charge in [-0.2, -0.15) is 0 Å². The van der Waals surface area contributed by atoms with Gasteiger partial charge in [-0.1, -0.05) is 31.2 Å². The molecule has 2 unspecified atom stereocenters. The zero-order chi connectivity index (χ0) is 15.4. The highest BCUT2D eigenvalue weighted by Crippen LogP contribution is 2.29. The molecule has 0 aliphatic carbocycles. The van der Waals surface area contributed by atoms with Crippen molar-refractivity contribution in [3.63, 3.8) is 0 Å². The molecular weight excluding hydrogens is 278 g/mol. The van der Waals surface area contributed by atoms with Crippen LogP contribution in [0.25, 0.3) is 0 Å². The Balaban J connectivity index is 2.28. The third-order valence-corrected chi connectivity index (χ3v) is 5.02.